The number of carbonyl (C=O) groups excluding carboxylic acids is 1. The number of nitrogens with zero attached hydrogens (tertiary/aromatic N) is 2. The van der Waals surface area contributed by atoms with Gasteiger partial charge in [0, 0.05) is 31.3 Å². The van der Waals surface area contributed by atoms with E-state index in [0.717, 1.165) is 11.3 Å². The number of hydrogen-bond donors (Lipinski definition) is 0. The minimum absolute atomic E-state index is 0.138. The maximum Gasteiger partial charge on any atom is 0.164 e. The average Bonchev–Trinajstić information content (AvgIpc) is 2.35. The minimum atomic E-state index is 0.138. The van der Waals surface area contributed by atoms with E-state index in [9.17, 15) is 4.79 Å². The quantitative estimate of drug-likeness (QED) is 0.711. The fourth-order valence-electron chi connectivity index (χ4n) is 1.57. The van der Waals surface area contributed by atoms with Gasteiger partial charge < -0.3 is 4.90 Å². The van der Waals surface area contributed by atoms with Gasteiger partial charge in [-0.05, 0) is 12.1 Å². The van der Waals surface area contributed by atoms with E-state index in [1.807, 2.05) is 43.1 Å². The van der Waals surface area contributed by atoms with Gasteiger partial charge in [-0.25, -0.2) is 0 Å². The zero-order valence-electron chi connectivity index (χ0n) is 9.73. The van der Waals surface area contributed by atoms with Crippen molar-refractivity contribution in [3.8, 4) is 6.07 Å². The summed E-state index contributed by atoms with van der Waals surface area (Å²) in [7, 11) is 1.90. The molecule has 0 unspecified atom stereocenters. The van der Waals surface area contributed by atoms with Crippen LogP contribution in [0.3, 0.4) is 0 Å². The number of para-hydroxylation sites is 1. The number of rotatable bonds is 5. The topological polar surface area (TPSA) is 44.1 Å². The van der Waals surface area contributed by atoms with Crippen LogP contribution in [0.4, 0.5) is 5.69 Å². The third kappa shape index (κ3) is 2.83. The van der Waals surface area contributed by atoms with E-state index in [4.69, 9.17) is 5.26 Å². The molecule has 1 aromatic rings. The Balaban J connectivity index is 2.94. The zero-order chi connectivity index (χ0) is 12.0. The lowest BCUT2D eigenvalue weighted by Crippen LogP contribution is -2.20. The normalized spacial score (nSPS) is 9.56. The number of carbonyl (C=O) groups is 1. The number of Topliss-reactive ketones (excluding diaryl/α,β-unsaturated/α-hetero) is 1. The molecule has 0 spiro atoms. The molecule has 3 nitrogen and oxygen atoms in total. The molecule has 0 saturated heterocycles. The zero-order valence-corrected chi connectivity index (χ0v) is 9.73. The summed E-state index contributed by atoms with van der Waals surface area (Å²) in [6, 6.07) is 9.63. The largest absolute Gasteiger partial charge is 0.373 e. The minimum Gasteiger partial charge on any atom is -0.373 e. The van der Waals surface area contributed by atoms with E-state index in [-0.39, 0.29) is 5.78 Å². The van der Waals surface area contributed by atoms with Crippen molar-refractivity contribution in [3.63, 3.8) is 0 Å². The number of hydrogen-bond acceptors (Lipinski definition) is 3. The highest BCUT2D eigenvalue weighted by molar-refractivity contribution is 6.01. The van der Waals surface area contributed by atoms with Crippen molar-refractivity contribution in [2.45, 2.75) is 19.8 Å². The van der Waals surface area contributed by atoms with Gasteiger partial charge in [-0.1, -0.05) is 19.1 Å². The summed E-state index contributed by atoms with van der Waals surface area (Å²) < 4.78 is 0. The number of ketones is 1. The van der Waals surface area contributed by atoms with Gasteiger partial charge in [-0.2, -0.15) is 5.26 Å². The van der Waals surface area contributed by atoms with Crippen molar-refractivity contribution in [2.75, 3.05) is 18.5 Å². The Labute approximate surface area is 96.3 Å². The van der Waals surface area contributed by atoms with Gasteiger partial charge in [0.2, 0.25) is 0 Å². The summed E-state index contributed by atoms with van der Waals surface area (Å²) in [5, 5.41) is 8.54. The van der Waals surface area contributed by atoms with Crippen molar-refractivity contribution in [1.82, 2.24) is 0 Å². The molecular weight excluding hydrogens is 200 g/mol. The summed E-state index contributed by atoms with van der Waals surface area (Å²) in [5.74, 6) is 0.138. The Kier molecular flexibility index (Phi) is 4.53. The summed E-state index contributed by atoms with van der Waals surface area (Å²) in [6.45, 7) is 2.50. The number of benzene rings is 1. The lowest BCUT2D eigenvalue weighted by atomic mass is 10.1. The molecule has 0 aliphatic heterocycles. The molecule has 0 fully saturated rings. The second-order valence-corrected chi connectivity index (χ2v) is 3.62. The molecule has 0 N–H and O–H groups in total. The summed E-state index contributed by atoms with van der Waals surface area (Å²) in [4.78, 5) is 13.7. The molecule has 0 atom stereocenters. The molecule has 0 bridgehead atoms. The third-order valence-electron chi connectivity index (χ3n) is 2.50. The first kappa shape index (κ1) is 12.3. The fourth-order valence-corrected chi connectivity index (χ4v) is 1.57. The molecule has 84 valence electrons. The van der Waals surface area contributed by atoms with Gasteiger partial charge in [0.15, 0.2) is 5.78 Å². The van der Waals surface area contributed by atoms with Crippen LogP contribution in [-0.4, -0.2) is 19.4 Å². The molecule has 0 aliphatic carbocycles. The van der Waals surface area contributed by atoms with Crippen LogP contribution >= 0.6 is 0 Å². The molecule has 0 amide bonds. The SMILES string of the molecule is CCC(=O)c1ccccc1N(C)CCC#N. The van der Waals surface area contributed by atoms with Gasteiger partial charge in [0.25, 0.3) is 0 Å². The van der Waals surface area contributed by atoms with Gasteiger partial charge in [-0.3, -0.25) is 4.79 Å². The van der Waals surface area contributed by atoms with Crippen LogP contribution in [0.2, 0.25) is 0 Å². The third-order valence-corrected chi connectivity index (χ3v) is 2.50. The first-order valence-corrected chi connectivity index (χ1v) is 5.41. The Morgan fingerprint density at radius 2 is 2.12 bits per heavy atom. The van der Waals surface area contributed by atoms with E-state index in [0.29, 0.717) is 19.4 Å². The lowest BCUT2D eigenvalue weighted by Gasteiger charge is -2.20. The maximum absolute atomic E-state index is 11.7. The van der Waals surface area contributed by atoms with E-state index in [1.54, 1.807) is 0 Å². The molecule has 0 radical (unpaired) electrons. The van der Waals surface area contributed by atoms with Crippen molar-refractivity contribution in [1.29, 1.82) is 5.26 Å². The number of nitriles is 1. The van der Waals surface area contributed by atoms with Crippen LogP contribution in [0, 0.1) is 11.3 Å². The van der Waals surface area contributed by atoms with E-state index in [2.05, 4.69) is 6.07 Å². The highest BCUT2D eigenvalue weighted by Gasteiger charge is 2.11. The van der Waals surface area contributed by atoms with Crippen molar-refractivity contribution < 1.29 is 4.79 Å². The molecule has 0 aliphatic rings. The molecule has 0 aromatic heterocycles. The standard InChI is InChI=1S/C13H16N2O/c1-3-13(16)11-7-4-5-8-12(11)15(2)10-6-9-14/h4-5,7-8H,3,6,10H2,1-2H3. The Morgan fingerprint density at radius 3 is 2.75 bits per heavy atom. The molecule has 0 saturated carbocycles. The molecular formula is C13H16N2O. The van der Waals surface area contributed by atoms with Crippen LogP contribution in [0.1, 0.15) is 30.1 Å². The van der Waals surface area contributed by atoms with Gasteiger partial charge in [-0.15, -0.1) is 0 Å². The van der Waals surface area contributed by atoms with Crippen LogP contribution in [-0.2, 0) is 0 Å². The van der Waals surface area contributed by atoms with Crippen LogP contribution in [0.15, 0.2) is 24.3 Å². The second kappa shape index (κ2) is 5.92. The maximum atomic E-state index is 11.7. The van der Waals surface area contributed by atoms with Gasteiger partial charge in [0.1, 0.15) is 0 Å². The molecule has 3 heteroatoms. The van der Waals surface area contributed by atoms with Gasteiger partial charge in [0.05, 0.1) is 12.5 Å². The first-order valence-electron chi connectivity index (χ1n) is 5.41. The van der Waals surface area contributed by atoms with E-state index >= 15 is 0 Å². The van der Waals surface area contributed by atoms with Crippen LogP contribution in [0.5, 0.6) is 0 Å². The Bertz CT molecular complexity index is 407. The Morgan fingerprint density at radius 1 is 1.44 bits per heavy atom. The second-order valence-electron chi connectivity index (χ2n) is 3.62. The predicted octanol–water partition coefficient (Wildman–Crippen LogP) is 2.63. The fraction of sp³-hybridized carbons (Fsp3) is 0.385. The monoisotopic (exact) mass is 216 g/mol. The molecule has 0 heterocycles. The van der Waals surface area contributed by atoms with Crippen LogP contribution < -0.4 is 4.90 Å². The first-order chi connectivity index (χ1) is 7.70. The van der Waals surface area contributed by atoms with Crippen molar-refractivity contribution in [2.24, 2.45) is 0 Å². The molecule has 1 aromatic carbocycles. The molecule has 16 heavy (non-hydrogen) atoms. The Hall–Kier alpha value is -1.82. The van der Waals surface area contributed by atoms with Crippen LogP contribution in [0.25, 0.3) is 0 Å². The van der Waals surface area contributed by atoms with Crippen molar-refractivity contribution in [3.05, 3.63) is 29.8 Å². The molecule has 1 rings (SSSR count). The highest BCUT2D eigenvalue weighted by Crippen LogP contribution is 2.20. The lowest BCUT2D eigenvalue weighted by molar-refractivity contribution is 0.0988. The highest BCUT2D eigenvalue weighted by atomic mass is 16.1. The average molecular weight is 216 g/mol. The smallest absolute Gasteiger partial charge is 0.164 e. The number of anilines is 1. The van der Waals surface area contributed by atoms with E-state index < -0.39 is 0 Å². The van der Waals surface area contributed by atoms with E-state index in [1.165, 1.54) is 0 Å². The van der Waals surface area contributed by atoms with Crippen molar-refractivity contribution >= 4 is 11.5 Å². The summed E-state index contributed by atoms with van der Waals surface area (Å²) in [5.41, 5.74) is 1.65. The van der Waals surface area contributed by atoms with Gasteiger partial charge >= 0.3 is 0 Å². The predicted molar refractivity (Wildman–Crippen MR) is 64.6 cm³/mol. The summed E-state index contributed by atoms with van der Waals surface area (Å²) >= 11 is 0. The summed E-state index contributed by atoms with van der Waals surface area (Å²) in [6.07, 6.45) is 0.967.